The monoisotopic (exact) mass is 438 g/mol. The third-order valence-electron chi connectivity index (χ3n) is 5.18. The highest BCUT2D eigenvalue weighted by atomic mass is 35.5. The van der Waals surface area contributed by atoms with Gasteiger partial charge in [-0.2, -0.15) is 9.78 Å². The van der Waals surface area contributed by atoms with Gasteiger partial charge in [-0.1, -0.05) is 35.9 Å². The molecule has 1 N–H and O–H groups in total. The summed E-state index contributed by atoms with van der Waals surface area (Å²) in [5.41, 5.74) is 0.655. The second-order valence-electron chi connectivity index (χ2n) is 7.16. The Morgan fingerprint density at radius 3 is 2.48 bits per heavy atom. The lowest BCUT2D eigenvalue weighted by Gasteiger charge is -2.35. The molecule has 8 nitrogen and oxygen atoms in total. The van der Waals surface area contributed by atoms with Crippen LogP contribution in [0.2, 0.25) is 5.02 Å². The first-order valence-electron chi connectivity index (χ1n) is 10.1. The number of para-hydroxylation sites is 1. The lowest BCUT2D eigenvalue weighted by Crippen LogP contribution is -2.49. The van der Waals surface area contributed by atoms with Gasteiger partial charge in [0.05, 0.1) is 17.6 Å². The molecule has 1 fully saturated rings. The van der Waals surface area contributed by atoms with Gasteiger partial charge in [-0.3, -0.25) is 9.59 Å². The molecule has 1 aliphatic rings. The molecule has 3 aromatic rings. The van der Waals surface area contributed by atoms with Crippen molar-refractivity contribution in [3.05, 3.63) is 76.3 Å². The summed E-state index contributed by atoms with van der Waals surface area (Å²) in [6.07, 6.45) is 3.59. The topological polar surface area (TPSA) is 83.4 Å². The number of piperazine rings is 1. The zero-order chi connectivity index (χ0) is 21.6. The molecular formula is C22H23ClN6O2. The zero-order valence-electron chi connectivity index (χ0n) is 16.9. The average molecular weight is 439 g/mol. The van der Waals surface area contributed by atoms with Crippen LogP contribution in [-0.4, -0.2) is 58.3 Å². The van der Waals surface area contributed by atoms with Gasteiger partial charge in [0.1, 0.15) is 10.8 Å². The van der Waals surface area contributed by atoms with Gasteiger partial charge in [0.2, 0.25) is 5.91 Å². The third-order valence-corrected chi connectivity index (χ3v) is 5.54. The van der Waals surface area contributed by atoms with Crippen LogP contribution in [0.3, 0.4) is 0 Å². The Hall–Kier alpha value is -3.39. The highest BCUT2D eigenvalue weighted by Gasteiger charge is 2.21. The van der Waals surface area contributed by atoms with Gasteiger partial charge in [-0.15, -0.1) is 0 Å². The summed E-state index contributed by atoms with van der Waals surface area (Å²) in [6, 6.07) is 14.9. The minimum absolute atomic E-state index is 0.0512. The number of carbonyl (C=O) groups is 1. The lowest BCUT2D eigenvalue weighted by atomic mass is 10.2. The highest BCUT2D eigenvalue weighted by Crippen LogP contribution is 2.17. The van der Waals surface area contributed by atoms with Crippen molar-refractivity contribution >= 4 is 29.0 Å². The fourth-order valence-electron chi connectivity index (χ4n) is 3.50. The van der Waals surface area contributed by atoms with Crippen molar-refractivity contribution in [2.24, 2.45) is 0 Å². The number of hydrogen-bond acceptors (Lipinski definition) is 6. The van der Waals surface area contributed by atoms with Crippen LogP contribution >= 0.6 is 11.6 Å². The second kappa shape index (κ2) is 9.61. The molecule has 0 unspecified atom stereocenters. The second-order valence-corrected chi connectivity index (χ2v) is 7.54. The molecule has 1 saturated heterocycles. The van der Waals surface area contributed by atoms with Crippen LogP contribution in [0.4, 0.5) is 11.5 Å². The predicted molar refractivity (Wildman–Crippen MR) is 121 cm³/mol. The summed E-state index contributed by atoms with van der Waals surface area (Å²) in [6.45, 7) is 3.19. The van der Waals surface area contributed by atoms with E-state index in [0.29, 0.717) is 37.4 Å². The number of aromatic nitrogens is 3. The molecule has 0 bridgehead atoms. The van der Waals surface area contributed by atoms with Crippen LogP contribution in [0, 0.1) is 0 Å². The molecule has 0 saturated carbocycles. The summed E-state index contributed by atoms with van der Waals surface area (Å²) in [4.78, 5) is 33.5. The SMILES string of the molecule is O=C(CCNc1cnn(-c2ccccc2)c(=O)c1Cl)N1CCN(c2ccccn2)CC1. The molecule has 1 aliphatic heterocycles. The van der Waals surface area contributed by atoms with E-state index < -0.39 is 5.56 Å². The smallest absolute Gasteiger partial charge is 0.292 e. The van der Waals surface area contributed by atoms with E-state index in [4.69, 9.17) is 11.6 Å². The van der Waals surface area contributed by atoms with Gasteiger partial charge in [0.15, 0.2) is 0 Å². The van der Waals surface area contributed by atoms with Crippen LogP contribution in [0.5, 0.6) is 0 Å². The quantitative estimate of drug-likeness (QED) is 0.636. The number of rotatable bonds is 6. The molecule has 4 rings (SSSR count). The molecule has 0 spiro atoms. The molecule has 1 amide bonds. The first-order valence-corrected chi connectivity index (χ1v) is 10.5. The summed E-state index contributed by atoms with van der Waals surface area (Å²) < 4.78 is 1.25. The van der Waals surface area contributed by atoms with E-state index in [1.807, 2.05) is 41.3 Å². The van der Waals surface area contributed by atoms with E-state index >= 15 is 0 Å². The van der Waals surface area contributed by atoms with Gasteiger partial charge >= 0.3 is 0 Å². The number of nitrogens with zero attached hydrogens (tertiary/aromatic N) is 5. The lowest BCUT2D eigenvalue weighted by molar-refractivity contribution is -0.131. The van der Waals surface area contributed by atoms with Gasteiger partial charge in [0.25, 0.3) is 5.56 Å². The maximum atomic E-state index is 12.6. The molecule has 0 atom stereocenters. The average Bonchev–Trinajstić information content (AvgIpc) is 2.83. The molecule has 160 valence electrons. The van der Waals surface area contributed by atoms with E-state index in [1.54, 1.807) is 18.3 Å². The van der Waals surface area contributed by atoms with E-state index in [2.05, 4.69) is 20.3 Å². The standard InChI is InChI=1S/C22H23ClN6O2/c23-21-18(16-26-29(22(21)31)17-6-2-1-3-7-17)24-11-9-20(30)28-14-12-27(13-15-28)19-8-4-5-10-25-19/h1-8,10,16,24H,9,11-15H2. The number of pyridine rings is 1. The van der Waals surface area contributed by atoms with Gasteiger partial charge in [0, 0.05) is 45.3 Å². The fourth-order valence-corrected chi connectivity index (χ4v) is 3.69. The van der Waals surface area contributed by atoms with Crippen molar-refractivity contribution in [1.82, 2.24) is 19.7 Å². The van der Waals surface area contributed by atoms with Crippen molar-refractivity contribution < 1.29 is 4.79 Å². The summed E-state index contributed by atoms with van der Waals surface area (Å²) in [7, 11) is 0. The highest BCUT2D eigenvalue weighted by molar-refractivity contribution is 6.32. The van der Waals surface area contributed by atoms with Gasteiger partial charge < -0.3 is 15.1 Å². The Kier molecular flexibility index (Phi) is 6.47. The van der Waals surface area contributed by atoms with Crippen molar-refractivity contribution in [3.8, 4) is 5.69 Å². The molecule has 3 heterocycles. The van der Waals surface area contributed by atoms with E-state index in [1.165, 1.54) is 10.9 Å². The van der Waals surface area contributed by atoms with Crippen molar-refractivity contribution in [1.29, 1.82) is 0 Å². The first-order chi connectivity index (χ1) is 15.1. The number of hydrogen-bond donors (Lipinski definition) is 1. The number of halogens is 1. The number of amides is 1. The number of benzene rings is 1. The third kappa shape index (κ3) is 4.86. The maximum Gasteiger partial charge on any atom is 0.292 e. The van der Waals surface area contributed by atoms with Crippen molar-refractivity contribution in [2.45, 2.75) is 6.42 Å². The predicted octanol–water partition coefficient (Wildman–Crippen LogP) is 2.43. The number of anilines is 2. The molecular weight excluding hydrogens is 416 g/mol. The largest absolute Gasteiger partial charge is 0.382 e. The maximum absolute atomic E-state index is 12.6. The Morgan fingerprint density at radius 1 is 1.03 bits per heavy atom. The zero-order valence-corrected chi connectivity index (χ0v) is 17.7. The molecule has 1 aromatic carbocycles. The van der Waals surface area contributed by atoms with Crippen LogP contribution in [-0.2, 0) is 4.79 Å². The molecule has 2 aromatic heterocycles. The molecule has 0 aliphatic carbocycles. The Morgan fingerprint density at radius 2 is 1.77 bits per heavy atom. The van der Waals surface area contributed by atoms with Crippen LogP contribution in [0.25, 0.3) is 5.69 Å². The Balaban J connectivity index is 1.29. The Bertz CT molecular complexity index is 1080. The number of carbonyl (C=O) groups excluding carboxylic acids is 1. The summed E-state index contributed by atoms with van der Waals surface area (Å²) in [5.74, 6) is 0.999. The molecule has 31 heavy (non-hydrogen) atoms. The van der Waals surface area contributed by atoms with Crippen molar-refractivity contribution in [2.75, 3.05) is 42.9 Å². The van der Waals surface area contributed by atoms with Gasteiger partial charge in [-0.05, 0) is 24.3 Å². The van der Waals surface area contributed by atoms with E-state index in [-0.39, 0.29) is 10.9 Å². The van der Waals surface area contributed by atoms with Crippen LogP contribution in [0.15, 0.2) is 65.7 Å². The summed E-state index contributed by atoms with van der Waals surface area (Å²) >= 11 is 6.24. The van der Waals surface area contributed by atoms with Crippen LogP contribution < -0.4 is 15.8 Å². The minimum Gasteiger partial charge on any atom is -0.382 e. The Labute approximate surface area is 185 Å². The van der Waals surface area contributed by atoms with Crippen LogP contribution in [0.1, 0.15) is 6.42 Å². The number of nitrogens with one attached hydrogen (secondary N) is 1. The van der Waals surface area contributed by atoms with E-state index in [0.717, 1.165) is 18.9 Å². The van der Waals surface area contributed by atoms with Crippen molar-refractivity contribution in [3.63, 3.8) is 0 Å². The van der Waals surface area contributed by atoms with Gasteiger partial charge in [-0.25, -0.2) is 4.98 Å². The summed E-state index contributed by atoms with van der Waals surface area (Å²) in [5, 5.41) is 7.30. The normalized spacial score (nSPS) is 13.8. The fraction of sp³-hybridized carbons (Fsp3) is 0.273. The first kappa shape index (κ1) is 20.9. The molecule has 9 heteroatoms. The molecule has 0 radical (unpaired) electrons. The van der Waals surface area contributed by atoms with E-state index in [9.17, 15) is 9.59 Å². The minimum atomic E-state index is -0.408.